The lowest BCUT2D eigenvalue weighted by atomic mass is 10.1. The first-order valence-corrected chi connectivity index (χ1v) is 9.27. The first kappa shape index (κ1) is 17.6. The van der Waals surface area contributed by atoms with Crippen molar-refractivity contribution in [2.24, 2.45) is 0 Å². The van der Waals surface area contributed by atoms with Crippen LogP contribution in [0.1, 0.15) is 37.2 Å². The van der Waals surface area contributed by atoms with Crippen molar-refractivity contribution in [2.75, 3.05) is 19.7 Å². The lowest BCUT2D eigenvalue weighted by molar-refractivity contribution is 0.0734. The number of rotatable bonds is 6. The molecule has 0 saturated carbocycles. The standard InChI is InChI=1S/C18H22N4O2S/c1-4-21(7-8-23)18(24)13-10-15(16-6-5-9-25-16)20-17-14(13)11-19-22(17)12(2)3/h5-6,9-12,23H,4,7-8H2,1-3H3. The Morgan fingerprint density at radius 2 is 2.24 bits per heavy atom. The summed E-state index contributed by atoms with van der Waals surface area (Å²) in [6.45, 7) is 6.78. The molecular formula is C18H22N4O2S. The Morgan fingerprint density at radius 1 is 1.44 bits per heavy atom. The quantitative estimate of drug-likeness (QED) is 0.734. The van der Waals surface area contributed by atoms with Crippen LogP contribution < -0.4 is 0 Å². The van der Waals surface area contributed by atoms with Crippen molar-refractivity contribution in [3.63, 3.8) is 0 Å². The number of aliphatic hydroxyl groups is 1. The van der Waals surface area contributed by atoms with Gasteiger partial charge in [-0.3, -0.25) is 4.79 Å². The van der Waals surface area contributed by atoms with Gasteiger partial charge in [0.05, 0.1) is 34.3 Å². The Hall–Kier alpha value is -2.25. The average molecular weight is 358 g/mol. The van der Waals surface area contributed by atoms with E-state index >= 15 is 0 Å². The molecule has 3 aromatic heterocycles. The summed E-state index contributed by atoms with van der Waals surface area (Å²) in [4.78, 5) is 20.4. The molecule has 0 saturated heterocycles. The molecule has 7 heteroatoms. The largest absolute Gasteiger partial charge is 0.395 e. The van der Waals surface area contributed by atoms with Crippen molar-refractivity contribution in [2.45, 2.75) is 26.8 Å². The van der Waals surface area contributed by atoms with Crippen LogP contribution in [0.25, 0.3) is 21.6 Å². The summed E-state index contributed by atoms with van der Waals surface area (Å²) >= 11 is 1.59. The molecule has 1 N–H and O–H groups in total. The number of likely N-dealkylation sites (N-methyl/N-ethyl adjacent to an activating group) is 1. The van der Waals surface area contributed by atoms with E-state index in [-0.39, 0.29) is 18.6 Å². The highest BCUT2D eigenvalue weighted by Crippen LogP contribution is 2.29. The van der Waals surface area contributed by atoms with Gasteiger partial charge in [-0.25, -0.2) is 9.67 Å². The highest BCUT2D eigenvalue weighted by atomic mass is 32.1. The molecule has 0 unspecified atom stereocenters. The third kappa shape index (κ3) is 3.29. The van der Waals surface area contributed by atoms with Gasteiger partial charge in [0.2, 0.25) is 0 Å². The number of aliphatic hydroxyl groups excluding tert-OH is 1. The van der Waals surface area contributed by atoms with Gasteiger partial charge in [-0.1, -0.05) is 6.07 Å². The van der Waals surface area contributed by atoms with Crippen molar-refractivity contribution in [1.82, 2.24) is 19.7 Å². The summed E-state index contributed by atoms with van der Waals surface area (Å²) in [6, 6.07) is 5.94. The molecule has 3 aromatic rings. The van der Waals surface area contributed by atoms with Crippen LogP contribution in [0, 0.1) is 0 Å². The van der Waals surface area contributed by atoms with Gasteiger partial charge < -0.3 is 10.0 Å². The number of carbonyl (C=O) groups excluding carboxylic acids is 1. The Bertz CT molecular complexity index is 871. The highest BCUT2D eigenvalue weighted by molar-refractivity contribution is 7.13. The zero-order valence-electron chi connectivity index (χ0n) is 14.6. The molecule has 1 amide bonds. The maximum absolute atomic E-state index is 13.0. The number of aromatic nitrogens is 3. The molecule has 0 aliphatic rings. The summed E-state index contributed by atoms with van der Waals surface area (Å²) < 4.78 is 1.84. The van der Waals surface area contributed by atoms with Crippen molar-refractivity contribution >= 4 is 28.3 Å². The Morgan fingerprint density at radius 3 is 2.84 bits per heavy atom. The third-order valence-corrected chi connectivity index (χ3v) is 4.99. The number of hydrogen-bond donors (Lipinski definition) is 1. The van der Waals surface area contributed by atoms with Gasteiger partial charge in [-0.15, -0.1) is 11.3 Å². The number of carbonyl (C=O) groups is 1. The fraction of sp³-hybridized carbons (Fsp3) is 0.389. The van der Waals surface area contributed by atoms with Gasteiger partial charge in [0, 0.05) is 19.1 Å². The van der Waals surface area contributed by atoms with E-state index in [1.165, 1.54) is 0 Å². The topological polar surface area (TPSA) is 71.2 Å². The lowest BCUT2D eigenvalue weighted by Crippen LogP contribution is -2.33. The fourth-order valence-corrected chi connectivity index (χ4v) is 3.50. The van der Waals surface area contributed by atoms with E-state index in [9.17, 15) is 9.90 Å². The molecule has 132 valence electrons. The van der Waals surface area contributed by atoms with Gasteiger partial charge in [0.25, 0.3) is 5.91 Å². The molecule has 0 spiro atoms. The highest BCUT2D eigenvalue weighted by Gasteiger charge is 2.22. The average Bonchev–Trinajstić information content (AvgIpc) is 3.27. The van der Waals surface area contributed by atoms with Gasteiger partial charge in [0.15, 0.2) is 5.65 Å². The summed E-state index contributed by atoms with van der Waals surface area (Å²) in [5, 5.41) is 16.4. The van der Waals surface area contributed by atoms with E-state index in [4.69, 9.17) is 4.98 Å². The monoisotopic (exact) mass is 358 g/mol. The number of hydrogen-bond acceptors (Lipinski definition) is 5. The van der Waals surface area contributed by atoms with Crippen LogP contribution in [0.4, 0.5) is 0 Å². The second kappa shape index (κ2) is 7.33. The van der Waals surface area contributed by atoms with Crippen molar-refractivity contribution in [1.29, 1.82) is 0 Å². The number of amides is 1. The van der Waals surface area contributed by atoms with E-state index in [1.54, 1.807) is 22.4 Å². The first-order chi connectivity index (χ1) is 12.1. The lowest BCUT2D eigenvalue weighted by Gasteiger charge is -2.20. The minimum atomic E-state index is -0.106. The van der Waals surface area contributed by atoms with Gasteiger partial charge >= 0.3 is 0 Å². The van der Waals surface area contributed by atoms with E-state index in [0.717, 1.165) is 16.0 Å². The maximum Gasteiger partial charge on any atom is 0.254 e. The number of fused-ring (bicyclic) bond motifs is 1. The Balaban J connectivity index is 2.20. The molecule has 0 fully saturated rings. The fourth-order valence-electron chi connectivity index (χ4n) is 2.82. The van der Waals surface area contributed by atoms with E-state index in [1.807, 2.05) is 49.0 Å². The third-order valence-electron chi connectivity index (χ3n) is 4.10. The normalized spacial score (nSPS) is 11.4. The maximum atomic E-state index is 13.0. The summed E-state index contributed by atoms with van der Waals surface area (Å²) in [7, 11) is 0. The summed E-state index contributed by atoms with van der Waals surface area (Å²) in [5.74, 6) is -0.106. The molecule has 3 rings (SSSR count). The van der Waals surface area contributed by atoms with E-state index in [2.05, 4.69) is 5.10 Å². The van der Waals surface area contributed by atoms with E-state index < -0.39 is 0 Å². The van der Waals surface area contributed by atoms with Crippen LogP contribution in [0.2, 0.25) is 0 Å². The van der Waals surface area contributed by atoms with Gasteiger partial charge in [-0.2, -0.15) is 5.10 Å². The molecule has 3 heterocycles. The molecule has 0 aliphatic carbocycles. The molecule has 0 atom stereocenters. The van der Waals surface area contributed by atoms with Gasteiger partial charge in [-0.05, 0) is 38.3 Å². The summed E-state index contributed by atoms with van der Waals surface area (Å²) in [5.41, 5.74) is 2.06. The van der Waals surface area contributed by atoms with Crippen LogP contribution in [0.5, 0.6) is 0 Å². The zero-order valence-corrected chi connectivity index (χ0v) is 15.5. The molecule has 25 heavy (non-hydrogen) atoms. The molecule has 0 radical (unpaired) electrons. The molecule has 0 aliphatic heterocycles. The number of nitrogens with zero attached hydrogens (tertiary/aromatic N) is 4. The van der Waals surface area contributed by atoms with Crippen molar-refractivity contribution in [3.8, 4) is 10.6 Å². The van der Waals surface area contributed by atoms with Crippen LogP contribution in [0.3, 0.4) is 0 Å². The second-order valence-electron chi connectivity index (χ2n) is 6.06. The smallest absolute Gasteiger partial charge is 0.254 e. The number of thiophene rings is 1. The van der Waals surface area contributed by atoms with Crippen LogP contribution in [-0.2, 0) is 0 Å². The predicted octanol–water partition coefficient (Wildman–Crippen LogP) is 3.20. The molecular weight excluding hydrogens is 336 g/mol. The van der Waals surface area contributed by atoms with Crippen molar-refractivity contribution < 1.29 is 9.90 Å². The van der Waals surface area contributed by atoms with E-state index in [0.29, 0.717) is 24.3 Å². The summed E-state index contributed by atoms with van der Waals surface area (Å²) in [6.07, 6.45) is 1.71. The zero-order chi connectivity index (χ0) is 18.0. The molecule has 0 aromatic carbocycles. The molecule has 0 bridgehead atoms. The minimum Gasteiger partial charge on any atom is -0.395 e. The molecule has 6 nitrogen and oxygen atoms in total. The van der Waals surface area contributed by atoms with Crippen LogP contribution >= 0.6 is 11.3 Å². The van der Waals surface area contributed by atoms with Crippen LogP contribution in [0.15, 0.2) is 29.8 Å². The second-order valence-corrected chi connectivity index (χ2v) is 7.01. The van der Waals surface area contributed by atoms with Crippen LogP contribution in [-0.4, -0.2) is 50.4 Å². The Labute approximate surface area is 150 Å². The predicted molar refractivity (Wildman–Crippen MR) is 99.9 cm³/mol. The Kier molecular flexibility index (Phi) is 5.15. The van der Waals surface area contributed by atoms with Crippen molar-refractivity contribution in [3.05, 3.63) is 35.3 Å². The van der Waals surface area contributed by atoms with Gasteiger partial charge in [0.1, 0.15) is 0 Å². The minimum absolute atomic E-state index is 0.0587. The SMILES string of the molecule is CCN(CCO)C(=O)c1cc(-c2cccs2)nc2c1cnn2C(C)C. The first-order valence-electron chi connectivity index (χ1n) is 8.39. The number of pyridine rings is 1.